The fourth-order valence-electron chi connectivity index (χ4n) is 2.59. The first-order chi connectivity index (χ1) is 11.0. The quantitative estimate of drug-likeness (QED) is 0.836. The second-order valence-electron chi connectivity index (χ2n) is 5.63. The van der Waals surface area contributed by atoms with Gasteiger partial charge in [0.25, 0.3) is 0 Å². The number of para-hydroxylation sites is 1. The van der Waals surface area contributed by atoms with Crippen LogP contribution in [0.25, 0.3) is 0 Å². The number of rotatable bonds is 7. The highest BCUT2D eigenvalue weighted by atomic mass is 16.5. The van der Waals surface area contributed by atoms with Crippen molar-refractivity contribution in [1.29, 1.82) is 0 Å². The third-order valence-electron chi connectivity index (χ3n) is 3.55. The van der Waals surface area contributed by atoms with Crippen LogP contribution in [0.1, 0.15) is 37.3 Å². The molecular formula is C19H22O4. The number of carbonyl (C=O) groups is 1. The summed E-state index contributed by atoms with van der Waals surface area (Å²) in [6, 6.07) is 15.1. The third kappa shape index (κ3) is 4.49. The van der Waals surface area contributed by atoms with E-state index in [1.807, 2.05) is 62.4 Å². The van der Waals surface area contributed by atoms with Crippen LogP contribution in [-0.4, -0.2) is 24.3 Å². The number of methoxy groups -OCH3 is 1. The first kappa shape index (κ1) is 16.9. The molecule has 0 spiro atoms. The summed E-state index contributed by atoms with van der Waals surface area (Å²) in [5.41, 5.74) is 1.79. The molecule has 2 aromatic carbocycles. The van der Waals surface area contributed by atoms with Crippen LogP contribution in [0, 0.1) is 0 Å². The smallest absolute Gasteiger partial charge is 0.304 e. The van der Waals surface area contributed by atoms with E-state index in [-0.39, 0.29) is 18.4 Å². The van der Waals surface area contributed by atoms with Crippen LogP contribution >= 0.6 is 0 Å². The van der Waals surface area contributed by atoms with E-state index in [0.29, 0.717) is 5.75 Å². The minimum Gasteiger partial charge on any atom is -0.496 e. The molecule has 0 aromatic heterocycles. The van der Waals surface area contributed by atoms with Crippen LogP contribution in [0.5, 0.6) is 11.5 Å². The Morgan fingerprint density at radius 3 is 2.30 bits per heavy atom. The molecule has 1 atom stereocenters. The lowest BCUT2D eigenvalue weighted by Crippen LogP contribution is -2.10. The maximum absolute atomic E-state index is 11.3. The zero-order valence-electron chi connectivity index (χ0n) is 13.7. The monoisotopic (exact) mass is 314 g/mol. The summed E-state index contributed by atoms with van der Waals surface area (Å²) >= 11 is 0. The Morgan fingerprint density at radius 1 is 1.09 bits per heavy atom. The molecule has 4 nitrogen and oxygen atoms in total. The number of hydrogen-bond acceptors (Lipinski definition) is 3. The Morgan fingerprint density at radius 2 is 1.74 bits per heavy atom. The zero-order valence-corrected chi connectivity index (χ0v) is 13.7. The molecule has 0 fully saturated rings. The van der Waals surface area contributed by atoms with Crippen molar-refractivity contribution in [3.8, 4) is 11.5 Å². The van der Waals surface area contributed by atoms with Crippen molar-refractivity contribution in [2.45, 2.75) is 32.3 Å². The molecule has 0 saturated heterocycles. The maximum atomic E-state index is 11.3. The molecule has 1 unspecified atom stereocenters. The molecule has 0 aliphatic carbocycles. The number of benzene rings is 2. The molecule has 1 N–H and O–H groups in total. The lowest BCUT2D eigenvalue weighted by molar-refractivity contribution is -0.137. The van der Waals surface area contributed by atoms with Gasteiger partial charge in [-0.2, -0.15) is 0 Å². The average Bonchev–Trinajstić information content (AvgIpc) is 2.53. The average molecular weight is 314 g/mol. The fraction of sp³-hybridized carbons (Fsp3) is 0.316. The topological polar surface area (TPSA) is 55.8 Å². The largest absolute Gasteiger partial charge is 0.496 e. The first-order valence-corrected chi connectivity index (χ1v) is 7.62. The van der Waals surface area contributed by atoms with E-state index in [9.17, 15) is 9.90 Å². The van der Waals surface area contributed by atoms with E-state index in [1.165, 1.54) is 0 Å². The number of carboxylic acids is 1. The molecule has 0 aliphatic heterocycles. The highest BCUT2D eigenvalue weighted by Crippen LogP contribution is 2.35. The van der Waals surface area contributed by atoms with Crippen molar-refractivity contribution >= 4 is 5.97 Å². The minimum atomic E-state index is -0.844. The van der Waals surface area contributed by atoms with Crippen molar-refractivity contribution < 1.29 is 19.4 Å². The summed E-state index contributed by atoms with van der Waals surface area (Å²) in [6.07, 6.45) is 0.106. The van der Waals surface area contributed by atoms with Crippen molar-refractivity contribution in [3.05, 3.63) is 59.7 Å². The van der Waals surface area contributed by atoms with Crippen LogP contribution < -0.4 is 9.47 Å². The number of hydrogen-bond donors (Lipinski definition) is 1. The Kier molecular flexibility index (Phi) is 5.63. The molecule has 0 saturated carbocycles. The van der Waals surface area contributed by atoms with E-state index in [4.69, 9.17) is 9.47 Å². The Balaban J connectivity index is 2.37. The fourth-order valence-corrected chi connectivity index (χ4v) is 2.59. The normalized spacial score (nSPS) is 12.0. The van der Waals surface area contributed by atoms with Crippen LogP contribution in [0.4, 0.5) is 0 Å². The summed E-state index contributed by atoms with van der Waals surface area (Å²) in [4.78, 5) is 11.3. The maximum Gasteiger partial charge on any atom is 0.304 e. The van der Waals surface area contributed by atoms with Crippen LogP contribution in [0.15, 0.2) is 48.5 Å². The molecule has 122 valence electrons. The van der Waals surface area contributed by atoms with Gasteiger partial charge in [0.2, 0.25) is 0 Å². The summed E-state index contributed by atoms with van der Waals surface area (Å²) in [5.74, 6) is 0.360. The van der Waals surface area contributed by atoms with E-state index >= 15 is 0 Å². The van der Waals surface area contributed by atoms with E-state index < -0.39 is 5.97 Å². The predicted octanol–water partition coefficient (Wildman–Crippen LogP) is 4.09. The lowest BCUT2D eigenvalue weighted by Gasteiger charge is -2.19. The van der Waals surface area contributed by atoms with Crippen LogP contribution in [0.3, 0.4) is 0 Å². The van der Waals surface area contributed by atoms with E-state index in [2.05, 4.69) is 0 Å². The van der Waals surface area contributed by atoms with Crippen molar-refractivity contribution in [3.63, 3.8) is 0 Å². The van der Waals surface area contributed by atoms with Crippen LogP contribution in [0.2, 0.25) is 0 Å². The van der Waals surface area contributed by atoms with Gasteiger partial charge in [-0.05, 0) is 37.6 Å². The van der Waals surface area contributed by atoms with Gasteiger partial charge in [0.05, 0.1) is 19.6 Å². The Bertz CT molecular complexity index is 647. The molecule has 23 heavy (non-hydrogen) atoms. The SMILES string of the molecule is COc1ccccc1C(CC(=O)O)c1ccc(OC(C)C)cc1. The first-order valence-electron chi connectivity index (χ1n) is 7.62. The van der Waals surface area contributed by atoms with Gasteiger partial charge in [0.15, 0.2) is 0 Å². The molecule has 2 aromatic rings. The van der Waals surface area contributed by atoms with Gasteiger partial charge in [-0.3, -0.25) is 4.79 Å². The minimum absolute atomic E-state index is 0.00472. The number of ether oxygens (including phenoxy) is 2. The van der Waals surface area contributed by atoms with Crippen molar-refractivity contribution in [1.82, 2.24) is 0 Å². The van der Waals surface area contributed by atoms with Crippen molar-refractivity contribution in [2.24, 2.45) is 0 Å². The molecule has 0 amide bonds. The highest BCUT2D eigenvalue weighted by molar-refractivity contribution is 5.69. The van der Waals surface area contributed by atoms with Gasteiger partial charge in [-0.1, -0.05) is 30.3 Å². The molecule has 0 heterocycles. The Hall–Kier alpha value is -2.49. The van der Waals surface area contributed by atoms with Gasteiger partial charge in [0, 0.05) is 11.5 Å². The molecule has 0 aliphatic rings. The van der Waals surface area contributed by atoms with Gasteiger partial charge in [0.1, 0.15) is 11.5 Å². The zero-order chi connectivity index (χ0) is 16.8. The van der Waals surface area contributed by atoms with Gasteiger partial charge < -0.3 is 14.6 Å². The van der Waals surface area contributed by atoms with Crippen molar-refractivity contribution in [2.75, 3.05) is 7.11 Å². The lowest BCUT2D eigenvalue weighted by atomic mass is 9.88. The summed E-state index contributed by atoms with van der Waals surface area (Å²) < 4.78 is 11.0. The van der Waals surface area contributed by atoms with Gasteiger partial charge in [-0.15, -0.1) is 0 Å². The summed E-state index contributed by atoms with van der Waals surface area (Å²) in [5, 5.41) is 9.28. The molecule has 2 rings (SSSR count). The number of carboxylic acid groups (broad SMARTS) is 1. The standard InChI is InChI=1S/C19H22O4/c1-13(2)23-15-10-8-14(9-11-15)17(12-19(20)21)16-6-4-5-7-18(16)22-3/h4-11,13,17H,12H2,1-3H3,(H,20,21). The predicted molar refractivity (Wildman–Crippen MR) is 89.3 cm³/mol. The molecular weight excluding hydrogens is 292 g/mol. The molecule has 4 heteroatoms. The molecule has 0 radical (unpaired) electrons. The van der Waals surface area contributed by atoms with E-state index in [1.54, 1.807) is 7.11 Å². The molecule has 0 bridgehead atoms. The summed E-state index contributed by atoms with van der Waals surface area (Å²) in [6.45, 7) is 3.94. The second kappa shape index (κ2) is 7.68. The van der Waals surface area contributed by atoms with Gasteiger partial charge in [-0.25, -0.2) is 0 Å². The number of aliphatic carboxylic acids is 1. The van der Waals surface area contributed by atoms with Crippen LogP contribution in [-0.2, 0) is 4.79 Å². The highest BCUT2D eigenvalue weighted by Gasteiger charge is 2.21. The third-order valence-corrected chi connectivity index (χ3v) is 3.55. The van der Waals surface area contributed by atoms with E-state index in [0.717, 1.165) is 16.9 Å². The van der Waals surface area contributed by atoms with Gasteiger partial charge >= 0.3 is 5.97 Å². The Labute approximate surface area is 136 Å². The second-order valence-corrected chi connectivity index (χ2v) is 5.63. The summed E-state index contributed by atoms with van der Waals surface area (Å²) in [7, 11) is 1.59.